The number of likely N-dealkylation sites (tertiary alicyclic amines) is 1. The molecule has 2 atom stereocenters. The molecule has 2 aromatic heterocycles. The lowest BCUT2D eigenvalue weighted by atomic mass is 9.95. The van der Waals surface area contributed by atoms with Crippen LogP contribution >= 0.6 is 11.3 Å². The number of hydrogen-bond acceptors (Lipinski definition) is 6. The van der Waals surface area contributed by atoms with Crippen molar-refractivity contribution in [3.8, 4) is 0 Å². The van der Waals surface area contributed by atoms with E-state index >= 15 is 0 Å². The van der Waals surface area contributed by atoms with Gasteiger partial charge in [0, 0.05) is 35.2 Å². The minimum Gasteiger partial charge on any atom is -0.371 e. The van der Waals surface area contributed by atoms with E-state index in [4.69, 9.17) is 9.47 Å². The summed E-state index contributed by atoms with van der Waals surface area (Å²) in [6.07, 6.45) is 7.65. The van der Waals surface area contributed by atoms with Crippen molar-refractivity contribution >= 4 is 23.2 Å². The first-order valence-electron chi connectivity index (χ1n) is 10.6. The number of amides is 2. The molecule has 5 rings (SSSR count). The Kier molecular flexibility index (Phi) is 5.58. The van der Waals surface area contributed by atoms with Crippen LogP contribution in [0.5, 0.6) is 0 Å². The van der Waals surface area contributed by atoms with Gasteiger partial charge in [0.15, 0.2) is 0 Å². The first-order valence-corrected chi connectivity index (χ1v) is 11.4. The highest BCUT2D eigenvalue weighted by molar-refractivity contribution is 7.10. The fourth-order valence-electron chi connectivity index (χ4n) is 4.48. The van der Waals surface area contributed by atoms with E-state index in [1.54, 1.807) is 28.8 Å². The summed E-state index contributed by atoms with van der Waals surface area (Å²) in [5, 5.41) is 5.08. The van der Waals surface area contributed by atoms with Crippen LogP contribution in [0.4, 0.5) is 0 Å². The van der Waals surface area contributed by atoms with Crippen molar-refractivity contribution in [2.24, 2.45) is 0 Å². The average Bonchev–Trinajstić information content (AvgIpc) is 3.47. The molecule has 2 aliphatic heterocycles. The van der Waals surface area contributed by atoms with Gasteiger partial charge in [-0.2, -0.15) is 0 Å². The quantitative estimate of drug-likeness (QED) is 0.763. The van der Waals surface area contributed by atoms with Crippen LogP contribution < -0.4 is 5.32 Å². The third-order valence-corrected chi connectivity index (χ3v) is 7.22. The Morgan fingerprint density at radius 2 is 1.97 bits per heavy atom. The number of nitrogens with one attached hydrogen (secondary N) is 2. The number of carbonyl (C=O) groups excluding carboxylic acids is 2. The number of carbonyl (C=O) groups is 2. The van der Waals surface area contributed by atoms with E-state index < -0.39 is 0 Å². The second-order valence-electron chi connectivity index (χ2n) is 8.22. The van der Waals surface area contributed by atoms with Crippen LogP contribution in [0.3, 0.4) is 0 Å². The number of rotatable bonds is 4. The molecule has 0 spiro atoms. The number of aromatic amines is 1. The van der Waals surface area contributed by atoms with E-state index in [2.05, 4.69) is 15.3 Å². The van der Waals surface area contributed by atoms with Crippen molar-refractivity contribution in [3.05, 3.63) is 39.6 Å². The third-order valence-electron chi connectivity index (χ3n) is 6.13. The van der Waals surface area contributed by atoms with Gasteiger partial charge >= 0.3 is 0 Å². The molecule has 0 aromatic carbocycles. The summed E-state index contributed by atoms with van der Waals surface area (Å²) in [5.41, 5.74) is 2.84. The molecule has 0 bridgehead atoms. The van der Waals surface area contributed by atoms with Crippen molar-refractivity contribution in [2.45, 2.75) is 50.4 Å². The summed E-state index contributed by atoms with van der Waals surface area (Å²) < 4.78 is 12.1. The van der Waals surface area contributed by atoms with Gasteiger partial charge in [-0.1, -0.05) is 0 Å². The zero-order valence-electron chi connectivity index (χ0n) is 16.8. The first-order chi connectivity index (χ1) is 14.7. The fraction of sp³-hybridized carbons (Fsp3) is 0.571. The summed E-state index contributed by atoms with van der Waals surface area (Å²) in [4.78, 5) is 35.4. The summed E-state index contributed by atoms with van der Waals surface area (Å²) in [7, 11) is 0. The average molecular weight is 431 g/mol. The van der Waals surface area contributed by atoms with E-state index in [0.717, 1.165) is 30.5 Å². The molecule has 4 heterocycles. The highest BCUT2D eigenvalue weighted by atomic mass is 32.1. The maximum absolute atomic E-state index is 12.8. The molecule has 0 radical (unpaired) electrons. The van der Waals surface area contributed by atoms with E-state index in [-0.39, 0.29) is 30.1 Å². The largest absolute Gasteiger partial charge is 0.371 e. The van der Waals surface area contributed by atoms with Crippen LogP contribution in [-0.4, -0.2) is 71.2 Å². The van der Waals surface area contributed by atoms with Crippen LogP contribution in [-0.2, 0) is 33.5 Å². The lowest BCUT2D eigenvalue weighted by Gasteiger charge is -2.20. The van der Waals surface area contributed by atoms with Crippen molar-refractivity contribution in [3.63, 3.8) is 0 Å². The Hall–Kier alpha value is -2.23. The molecule has 2 fully saturated rings. The molecule has 2 saturated heterocycles. The highest BCUT2D eigenvalue weighted by Crippen LogP contribution is 2.30. The van der Waals surface area contributed by atoms with Crippen molar-refractivity contribution in [2.75, 3.05) is 26.3 Å². The number of aromatic nitrogens is 2. The number of nitrogens with zero attached hydrogens (tertiary/aromatic N) is 2. The zero-order chi connectivity index (χ0) is 20.5. The lowest BCUT2D eigenvalue weighted by molar-refractivity contribution is -0.130. The van der Waals surface area contributed by atoms with Crippen LogP contribution in [0, 0.1) is 0 Å². The molecule has 0 saturated carbocycles. The molecule has 30 heavy (non-hydrogen) atoms. The summed E-state index contributed by atoms with van der Waals surface area (Å²) in [5.74, 6) is 0.00151. The number of ether oxygens (including phenoxy) is 2. The second kappa shape index (κ2) is 8.49. The van der Waals surface area contributed by atoms with E-state index in [0.29, 0.717) is 32.7 Å². The zero-order valence-corrected chi connectivity index (χ0v) is 17.6. The van der Waals surface area contributed by atoms with Gasteiger partial charge in [-0.05, 0) is 31.2 Å². The molecule has 3 aliphatic rings. The molecule has 2 aromatic rings. The Labute approximate surface area is 179 Å². The van der Waals surface area contributed by atoms with Gasteiger partial charge < -0.3 is 24.7 Å². The number of imidazole rings is 1. The van der Waals surface area contributed by atoms with Gasteiger partial charge in [0.05, 0.1) is 37.6 Å². The topological polar surface area (TPSA) is 96.5 Å². The van der Waals surface area contributed by atoms with Crippen molar-refractivity contribution in [1.29, 1.82) is 0 Å². The Morgan fingerprint density at radius 3 is 2.70 bits per heavy atom. The highest BCUT2D eigenvalue weighted by Gasteiger charge is 2.39. The SMILES string of the molecule is O=C(NC1CO[C@H]2CN(C(=O)Cc3cnc[nH]3)C[C@@H]2OC1)c1csc2c1CCCC2. The standard InChI is InChI=1S/C21H26N4O4S/c26-20(5-13-6-22-12-23-13)25-7-17-18(8-25)29-10-14(9-28-17)24-21(27)16-11-30-19-4-2-1-3-15(16)19/h6,11-12,14,17-18H,1-5,7-10H2,(H,22,23)(H,24,27)/t17-,18-/m0/s1. The fourth-order valence-corrected chi connectivity index (χ4v) is 5.61. The van der Waals surface area contributed by atoms with Gasteiger partial charge in [-0.25, -0.2) is 4.98 Å². The summed E-state index contributed by atoms with van der Waals surface area (Å²) in [6.45, 7) is 1.80. The second-order valence-corrected chi connectivity index (χ2v) is 9.19. The summed E-state index contributed by atoms with van der Waals surface area (Å²) >= 11 is 1.70. The molecular formula is C21H26N4O4S. The molecular weight excluding hydrogens is 404 g/mol. The molecule has 8 nitrogen and oxygen atoms in total. The van der Waals surface area contributed by atoms with Crippen molar-refractivity contribution < 1.29 is 19.1 Å². The van der Waals surface area contributed by atoms with Gasteiger partial charge in [-0.3, -0.25) is 9.59 Å². The van der Waals surface area contributed by atoms with E-state index in [9.17, 15) is 9.59 Å². The van der Waals surface area contributed by atoms with E-state index in [1.165, 1.54) is 16.9 Å². The number of aryl methyl sites for hydroxylation is 1. The van der Waals surface area contributed by atoms with Crippen molar-refractivity contribution in [1.82, 2.24) is 20.2 Å². The van der Waals surface area contributed by atoms with Crippen LogP contribution in [0.2, 0.25) is 0 Å². The predicted molar refractivity (Wildman–Crippen MR) is 111 cm³/mol. The van der Waals surface area contributed by atoms with Crippen LogP contribution in [0.1, 0.15) is 39.3 Å². The molecule has 0 unspecified atom stereocenters. The molecule has 9 heteroatoms. The lowest BCUT2D eigenvalue weighted by Crippen LogP contribution is -2.41. The summed E-state index contributed by atoms with van der Waals surface area (Å²) in [6, 6.07) is -0.184. The molecule has 2 amide bonds. The smallest absolute Gasteiger partial charge is 0.252 e. The third kappa shape index (κ3) is 4.01. The number of thiophene rings is 1. The Bertz CT molecular complexity index is 896. The van der Waals surface area contributed by atoms with Gasteiger partial charge in [0.1, 0.15) is 12.2 Å². The maximum atomic E-state index is 12.8. The predicted octanol–water partition coefficient (Wildman–Crippen LogP) is 1.32. The Morgan fingerprint density at radius 1 is 1.20 bits per heavy atom. The normalized spacial score (nSPS) is 24.2. The maximum Gasteiger partial charge on any atom is 0.252 e. The van der Waals surface area contributed by atoms with Gasteiger partial charge in [0.2, 0.25) is 5.91 Å². The number of fused-ring (bicyclic) bond motifs is 2. The molecule has 1 aliphatic carbocycles. The van der Waals surface area contributed by atoms with Crippen LogP contribution in [0.25, 0.3) is 0 Å². The van der Waals surface area contributed by atoms with E-state index in [1.807, 2.05) is 5.38 Å². The minimum absolute atomic E-state index is 0.0324. The molecule has 160 valence electrons. The monoisotopic (exact) mass is 430 g/mol. The van der Waals surface area contributed by atoms with Gasteiger partial charge in [-0.15, -0.1) is 11.3 Å². The van der Waals surface area contributed by atoms with Gasteiger partial charge in [0.25, 0.3) is 5.91 Å². The van der Waals surface area contributed by atoms with Crippen LogP contribution in [0.15, 0.2) is 17.9 Å². The number of hydrogen-bond donors (Lipinski definition) is 2. The minimum atomic E-state index is -0.184. The number of H-pyrrole nitrogens is 1. The molecule has 2 N–H and O–H groups in total. The Balaban J connectivity index is 1.15. The first kappa shape index (κ1) is 19.7.